The molecule has 30 heavy (non-hydrogen) atoms. The standard InChI is InChI=1S/C29H44O/c1-3-5-6-7-22-8-10-23(11-9-22)25-12-14-28-21-26(13-15-27(28)20-25)24-16-18-29(19-17-24)30-4-2/h3,5,8-11,24-29H,4,6-7,12-21H2,1-2H3/b5-3+. The Morgan fingerprint density at radius 1 is 0.800 bits per heavy atom. The third-order valence-corrected chi connectivity index (χ3v) is 8.73. The van der Waals surface area contributed by atoms with E-state index in [0.29, 0.717) is 6.10 Å². The molecule has 0 radical (unpaired) electrons. The predicted octanol–water partition coefficient (Wildman–Crippen LogP) is 8.09. The molecule has 1 heteroatoms. The maximum atomic E-state index is 5.89. The van der Waals surface area contributed by atoms with Gasteiger partial charge in [0.25, 0.3) is 0 Å². The molecule has 4 unspecified atom stereocenters. The van der Waals surface area contributed by atoms with Gasteiger partial charge in [-0.15, -0.1) is 0 Å². The van der Waals surface area contributed by atoms with Gasteiger partial charge in [0.05, 0.1) is 6.10 Å². The lowest BCUT2D eigenvalue weighted by molar-refractivity contribution is 0.00583. The molecule has 0 spiro atoms. The van der Waals surface area contributed by atoms with Gasteiger partial charge in [-0.25, -0.2) is 0 Å². The fourth-order valence-electron chi connectivity index (χ4n) is 6.99. The second kappa shape index (κ2) is 11.0. The van der Waals surface area contributed by atoms with Gasteiger partial charge in [0.1, 0.15) is 0 Å². The van der Waals surface area contributed by atoms with Gasteiger partial charge in [-0.05, 0) is 132 Å². The van der Waals surface area contributed by atoms with Gasteiger partial charge < -0.3 is 4.74 Å². The maximum absolute atomic E-state index is 5.89. The van der Waals surface area contributed by atoms with E-state index in [0.717, 1.165) is 42.6 Å². The summed E-state index contributed by atoms with van der Waals surface area (Å²) >= 11 is 0. The van der Waals surface area contributed by atoms with E-state index < -0.39 is 0 Å². The molecule has 3 aliphatic rings. The van der Waals surface area contributed by atoms with Crippen LogP contribution in [0.5, 0.6) is 0 Å². The molecule has 3 fully saturated rings. The first kappa shape index (κ1) is 22.1. The van der Waals surface area contributed by atoms with Gasteiger partial charge in [-0.3, -0.25) is 0 Å². The molecule has 4 rings (SSSR count). The Kier molecular flexibility index (Phi) is 8.10. The Bertz CT molecular complexity index is 651. The number of hydrogen-bond donors (Lipinski definition) is 0. The zero-order valence-corrected chi connectivity index (χ0v) is 19.5. The van der Waals surface area contributed by atoms with Gasteiger partial charge in [0.15, 0.2) is 0 Å². The Morgan fingerprint density at radius 3 is 2.13 bits per heavy atom. The molecule has 1 aromatic carbocycles. The van der Waals surface area contributed by atoms with Crippen molar-refractivity contribution in [2.45, 2.75) is 103 Å². The van der Waals surface area contributed by atoms with Crippen molar-refractivity contribution >= 4 is 0 Å². The molecule has 0 aromatic heterocycles. The average molecular weight is 409 g/mol. The van der Waals surface area contributed by atoms with Crippen molar-refractivity contribution in [3.05, 3.63) is 47.5 Å². The molecule has 0 amide bonds. The van der Waals surface area contributed by atoms with Gasteiger partial charge in [0.2, 0.25) is 0 Å². The molecule has 1 aromatic rings. The van der Waals surface area contributed by atoms with Crippen molar-refractivity contribution in [1.29, 1.82) is 0 Å². The molecule has 0 N–H and O–H groups in total. The van der Waals surface area contributed by atoms with Gasteiger partial charge in [0, 0.05) is 6.61 Å². The second-order valence-corrected chi connectivity index (χ2v) is 10.4. The van der Waals surface area contributed by atoms with Crippen LogP contribution in [0.2, 0.25) is 0 Å². The summed E-state index contributed by atoms with van der Waals surface area (Å²) in [5.74, 6) is 4.84. The van der Waals surface area contributed by atoms with Crippen LogP contribution in [0.3, 0.4) is 0 Å². The number of ether oxygens (including phenoxy) is 1. The first-order chi connectivity index (χ1) is 14.8. The van der Waals surface area contributed by atoms with Crippen LogP contribution < -0.4 is 0 Å². The van der Waals surface area contributed by atoms with Crippen LogP contribution in [0.1, 0.15) is 102 Å². The predicted molar refractivity (Wildman–Crippen MR) is 128 cm³/mol. The van der Waals surface area contributed by atoms with Crippen LogP contribution in [-0.2, 0) is 11.2 Å². The lowest BCUT2D eigenvalue weighted by Crippen LogP contribution is -2.35. The Morgan fingerprint density at radius 2 is 1.43 bits per heavy atom. The zero-order valence-electron chi connectivity index (χ0n) is 19.5. The molecule has 3 aliphatic carbocycles. The molecule has 4 atom stereocenters. The smallest absolute Gasteiger partial charge is 0.0575 e. The highest BCUT2D eigenvalue weighted by molar-refractivity contribution is 5.26. The highest BCUT2D eigenvalue weighted by Gasteiger charge is 2.39. The van der Waals surface area contributed by atoms with E-state index in [4.69, 9.17) is 4.74 Å². The van der Waals surface area contributed by atoms with Crippen LogP contribution in [0, 0.1) is 23.7 Å². The lowest BCUT2D eigenvalue weighted by Gasteiger charge is -2.45. The summed E-state index contributed by atoms with van der Waals surface area (Å²) < 4.78 is 5.89. The number of benzene rings is 1. The van der Waals surface area contributed by atoms with Crippen molar-refractivity contribution in [2.24, 2.45) is 23.7 Å². The molecular formula is C29H44O. The van der Waals surface area contributed by atoms with Gasteiger partial charge >= 0.3 is 0 Å². The van der Waals surface area contributed by atoms with Crippen LogP contribution in [0.15, 0.2) is 36.4 Å². The highest BCUT2D eigenvalue weighted by atomic mass is 16.5. The molecule has 0 saturated heterocycles. The third kappa shape index (κ3) is 5.58. The lowest BCUT2D eigenvalue weighted by atomic mass is 9.60. The first-order valence-electron chi connectivity index (χ1n) is 13.1. The zero-order chi connectivity index (χ0) is 20.8. The van der Waals surface area contributed by atoms with Gasteiger partial charge in [-0.1, -0.05) is 36.4 Å². The quantitative estimate of drug-likeness (QED) is 0.414. The number of allylic oxidation sites excluding steroid dienone is 2. The van der Waals surface area contributed by atoms with Crippen molar-refractivity contribution in [3.8, 4) is 0 Å². The molecule has 166 valence electrons. The Hall–Kier alpha value is -1.08. The molecular weight excluding hydrogens is 364 g/mol. The first-order valence-corrected chi connectivity index (χ1v) is 13.1. The van der Waals surface area contributed by atoms with E-state index in [2.05, 4.69) is 50.3 Å². The van der Waals surface area contributed by atoms with Crippen LogP contribution in [-0.4, -0.2) is 12.7 Å². The summed E-state index contributed by atoms with van der Waals surface area (Å²) in [5, 5.41) is 0. The molecule has 1 nitrogen and oxygen atoms in total. The topological polar surface area (TPSA) is 9.23 Å². The molecule has 0 heterocycles. The minimum absolute atomic E-state index is 0.563. The van der Waals surface area contributed by atoms with E-state index in [1.807, 2.05) is 0 Å². The highest BCUT2D eigenvalue weighted by Crippen LogP contribution is 2.50. The Labute approximate surface area is 185 Å². The number of rotatable bonds is 7. The minimum atomic E-state index is 0.563. The van der Waals surface area contributed by atoms with Crippen molar-refractivity contribution in [1.82, 2.24) is 0 Å². The SMILES string of the molecule is C/C=C/CCc1ccc(C2CCC3CC(C4CCC(OCC)CC4)CCC3C2)cc1. The van der Waals surface area contributed by atoms with E-state index in [1.165, 1.54) is 76.2 Å². The number of aryl methyl sites for hydroxylation is 1. The van der Waals surface area contributed by atoms with E-state index in [1.54, 1.807) is 5.56 Å². The van der Waals surface area contributed by atoms with Crippen molar-refractivity contribution in [2.75, 3.05) is 6.61 Å². The number of hydrogen-bond acceptors (Lipinski definition) is 1. The fourth-order valence-corrected chi connectivity index (χ4v) is 6.99. The number of fused-ring (bicyclic) bond motifs is 1. The monoisotopic (exact) mass is 408 g/mol. The summed E-state index contributed by atoms with van der Waals surface area (Å²) in [6.07, 6.45) is 21.7. The van der Waals surface area contributed by atoms with Crippen LogP contribution in [0.25, 0.3) is 0 Å². The maximum Gasteiger partial charge on any atom is 0.0575 e. The molecule has 0 bridgehead atoms. The van der Waals surface area contributed by atoms with Gasteiger partial charge in [-0.2, -0.15) is 0 Å². The average Bonchev–Trinajstić information content (AvgIpc) is 2.80. The summed E-state index contributed by atoms with van der Waals surface area (Å²) in [6, 6.07) is 9.66. The van der Waals surface area contributed by atoms with Crippen molar-refractivity contribution in [3.63, 3.8) is 0 Å². The summed E-state index contributed by atoms with van der Waals surface area (Å²) in [5.41, 5.74) is 3.10. The fraction of sp³-hybridized carbons (Fsp3) is 0.724. The van der Waals surface area contributed by atoms with E-state index in [-0.39, 0.29) is 0 Å². The molecule has 3 saturated carbocycles. The molecule has 0 aliphatic heterocycles. The normalized spacial score (nSPS) is 34.7. The minimum Gasteiger partial charge on any atom is -0.379 e. The summed E-state index contributed by atoms with van der Waals surface area (Å²) in [4.78, 5) is 0. The largest absolute Gasteiger partial charge is 0.379 e. The second-order valence-electron chi connectivity index (χ2n) is 10.4. The third-order valence-electron chi connectivity index (χ3n) is 8.73. The van der Waals surface area contributed by atoms with E-state index in [9.17, 15) is 0 Å². The summed E-state index contributed by atoms with van der Waals surface area (Å²) in [7, 11) is 0. The van der Waals surface area contributed by atoms with Crippen LogP contribution >= 0.6 is 0 Å². The van der Waals surface area contributed by atoms with Crippen molar-refractivity contribution < 1.29 is 4.74 Å². The summed E-state index contributed by atoms with van der Waals surface area (Å²) in [6.45, 7) is 5.14. The van der Waals surface area contributed by atoms with Crippen LogP contribution in [0.4, 0.5) is 0 Å². The Balaban J connectivity index is 1.25. The van der Waals surface area contributed by atoms with E-state index >= 15 is 0 Å².